The molecule has 0 bridgehead atoms. The standard InChI is InChI=1S/C17H22FN3O6S.H3N/c1-17(2,3)20(16(24)25)7-9-4-10-6-12(22)15(14(18)11(10)5-9)21-8-13(23)19-28(21,26)27;/h6,9,22H,4-5,7-8H2,1-3H3,(H,19,23)(H,24,25);1H3. The second-order valence-corrected chi connectivity index (χ2v) is 9.65. The summed E-state index contributed by atoms with van der Waals surface area (Å²) < 4.78 is 41.4. The molecule has 0 saturated carbocycles. The predicted octanol–water partition coefficient (Wildman–Crippen LogP) is 0.247. The van der Waals surface area contributed by atoms with Crippen LogP contribution in [0, 0.1) is 11.7 Å². The summed E-state index contributed by atoms with van der Waals surface area (Å²) in [6.45, 7) is 4.64. The van der Waals surface area contributed by atoms with Crippen LogP contribution < -0.4 is 20.3 Å². The van der Waals surface area contributed by atoms with Crippen molar-refractivity contribution in [1.29, 1.82) is 0 Å². The maximum atomic E-state index is 15.1. The Balaban J connectivity index is 0.00000300. The molecule has 1 fully saturated rings. The van der Waals surface area contributed by atoms with E-state index in [1.807, 2.05) is 0 Å². The Labute approximate surface area is 168 Å². The molecule has 0 radical (unpaired) electrons. The second-order valence-electron chi connectivity index (χ2n) is 8.05. The zero-order valence-corrected chi connectivity index (χ0v) is 17.5. The van der Waals surface area contributed by atoms with Crippen LogP contribution >= 0.6 is 0 Å². The summed E-state index contributed by atoms with van der Waals surface area (Å²) in [6, 6.07) is 1.27. The van der Waals surface area contributed by atoms with E-state index in [-0.39, 0.29) is 30.6 Å². The van der Waals surface area contributed by atoms with Gasteiger partial charge in [0.2, 0.25) is 0 Å². The minimum Gasteiger partial charge on any atom is -0.530 e. The Kier molecular flexibility index (Phi) is 5.74. The van der Waals surface area contributed by atoms with E-state index in [4.69, 9.17) is 0 Å². The molecule has 1 aliphatic heterocycles. The maximum absolute atomic E-state index is 15.1. The van der Waals surface area contributed by atoms with E-state index in [1.54, 1.807) is 25.5 Å². The molecule has 1 aliphatic carbocycles. The van der Waals surface area contributed by atoms with Crippen molar-refractivity contribution in [3.63, 3.8) is 0 Å². The Bertz CT molecular complexity index is 960. The zero-order valence-electron chi connectivity index (χ0n) is 16.7. The molecule has 1 aromatic carbocycles. The number of carboxylic acid groups (broad SMARTS) is 1. The monoisotopic (exact) mass is 432 g/mol. The average molecular weight is 432 g/mol. The Hall–Kier alpha value is -2.60. The van der Waals surface area contributed by atoms with E-state index >= 15 is 4.39 Å². The first kappa shape index (κ1) is 22.7. The molecular weight excluding hydrogens is 407 g/mol. The summed E-state index contributed by atoms with van der Waals surface area (Å²) >= 11 is 0. The van der Waals surface area contributed by atoms with Gasteiger partial charge in [0.1, 0.15) is 24.1 Å². The van der Waals surface area contributed by atoms with Gasteiger partial charge in [-0.15, -0.1) is 0 Å². The fraction of sp³-hybridized carbons (Fsp3) is 0.529. The number of quaternary nitrogens is 1. The number of anilines is 1. The van der Waals surface area contributed by atoms with Gasteiger partial charge in [0.05, 0.1) is 0 Å². The van der Waals surface area contributed by atoms with Gasteiger partial charge in [0, 0.05) is 12.1 Å². The number of nitrogens with one attached hydrogen (secondary N) is 1. The zero-order chi connectivity index (χ0) is 21.0. The van der Waals surface area contributed by atoms with Crippen LogP contribution in [0.25, 0.3) is 0 Å². The number of aromatic hydroxyl groups is 1. The van der Waals surface area contributed by atoms with Crippen LogP contribution in [0.2, 0.25) is 0 Å². The van der Waals surface area contributed by atoms with Gasteiger partial charge in [-0.1, -0.05) is 0 Å². The Morgan fingerprint density at radius 2 is 2.03 bits per heavy atom. The lowest BCUT2D eigenvalue weighted by atomic mass is 10.0. The van der Waals surface area contributed by atoms with Gasteiger partial charge in [-0.25, -0.2) is 13.4 Å². The molecule has 3 rings (SSSR count). The largest absolute Gasteiger partial charge is 0.530 e. The topological polar surface area (TPSA) is 167 Å². The normalized spacial score (nSPS) is 20.1. The molecule has 12 heteroatoms. The molecule has 10 nitrogen and oxygen atoms in total. The lowest BCUT2D eigenvalue weighted by Crippen LogP contribution is -2.53. The number of carbonyl (C=O) groups excluding carboxylic acids is 2. The van der Waals surface area contributed by atoms with Crippen LogP contribution in [0.15, 0.2) is 6.07 Å². The summed E-state index contributed by atoms with van der Waals surface area (Å²) in [5.74, 6) is -2.60. The van der Waals surface area contributed by atoms with Gasteiger partial charge < -0.3 is 26.1 Å². The number of phenolic OH excluding ortho intramolecular Hbond substituents is 1. The Morgan fingerprint density at radius 3 is 2.52 bits per heavy atom. The molecule has 162 valence electrons. The van der Waals surface area contributed by atoms with Crippen molar-refractivity contribution in [3.05, 3.63) is 23.0 Å². The SMILES string of the molecule is CC(C)(C)N(CC1Cc2cc(O)c(N3CC(=O)NS3(=O)=O)c(F)c2C1)C(=O)[O-].[NH4+]. The summed E-state index contributed by atoms with van der Waals surface area (Å²) in [7, 11) is -4.28. The van der Waals surface area contributed by atoms with Crippen molar-refractivity contribution in [1.82, 2.24) is 15.8 Å². The number of rotatable bonds is 3. The van der Waals surface area contributed by atoms with Crippen LogP contribution in [0.5, 0.6) is 5.75 Å². The summed E-state index contributed by atoms with van der Waals surface area (Å²) in [5, 5.41) is 21.7. The smallest absolute Gasteiger partial charge is 0.326 e. The number of benzene rings is 1. The molecule has 2 aliphatic rings. The fourth-order valence-electron chi connectivity index (χ4n) is 3.68. The van der Waals surface area contributed by atoms with E-state index in [1.165, 1.54) is 6.07 Å². The van der Waals surface area contributed by atoms with Gasteiger partial charge in [0.25, 0.3) is 5.91 Å². The van der Waals surface area contributed by atoms with Gasteiger partial charge in [-0.05, 0) is 56.7 Å². The highest BCUT2D eigenvalue weighted by atomic mass is 32.2. The third-order valence-electron chi connectivity index (χ3n) is 4.96. The lowest BCUT2D eigenvalue weighted by Gasteiger charge is -2.39. The van der Waals surface area contributed by atoms with Gasteiger partial charge in [0.15, 0.2) is 5.82 Å². The van der Waals surface area contributed by atoms with E-state index in [0.717, 1.165) is 4.90 Å². The molecular formula is C17H25FN4O6S. The molecule has 1 unspecified atom stereocenters. The summed E-state index contributed by atoms with van der Waals surface area (Å²) in [4.78, 5) is 24.0. The number of carbonyl (C=O) groups is 2. The quantitative estimate of drug-likeness (QED) is 0.619. The fourth-order valence-corrected chi connectivity index (χ4v) is 4.85. The molecule has 1 aromatic rings. The molecule has 29 heavy (non-hydrogen) atoms. The third kappa shape index (κ3) is 4.08. The van der Waals surface area contributed by atoms with Crippen LogP contribution in [-0.4, -0.2) is 49.1 Å². The van der Waals surface area contributed by atoms with Crippen molar-refractivity contribution in [2.75, 3.05) is 17.4 Å². The van der Waals surface area contributed by atoms with E-state index in [9.17, 15) is 28.2 Å². The van der Waals surface area contributed by atoms with Crippen LogP contribution in [0.4, 0.5) is 14.9 Å². The first-order valence-electron chi connectivity index (χ1n) is 8.66. The minimum absolute atomic E-state index is 0. The number of hydrogen-bond donors (Lipinski definition) is 3. The second kappa shape index (κ2) is 7.34. The predicted molar refractivity (Wildman–Crippen MR) is 101 cm³/mol. The van der Waals surface area contributed by atoms with Crippen molar-refractivity contribution in [2.45, 2.75) is 39.2 Å². The van der Waals surface area contributed by atoms with Crippen molar-refractivity contribution in [2.24, 2.45) is 5.92 Å². The highest BCUT2D eigenvalue weighted by molar-refractivity contribution is 7.92. The first-order chi connectivity index (χ1) is 12.8. The highest BCUT2D eigenvalue weighted by Crippen LogP contribution is 2.41. The molecule has 1 heterocycles. The van der Waals surface area contributed by atoms with E-state index in [0.29, 0.717) is 16.3 Å². The number of amides is 2. The van der Waals surface area contributed by atoms with Crippen LogP contribution in [-0.2, 0) is 27.8 Å². The highest BCUT2D eigenvalue weighted by Gasteiger charge is 2.40. The van der Waals surface area contributed by atoms with Crippen LogP contribution in [0.3, 0.4) is 0 Å². The Morgan fingerprint density at radius 1 is 1.41 bits per heavy atom. The van der Waals surface area contributed by atoms with Crippen molar-refractivity contribution >= 4 is 27.9 Å². The average Bonchev–Trinajstić information content (AvgIpc) is 3.03. The number of halogens is 1. The molecule has 0 aromatic heterocycles. The molecule has 0 spiro atoms. The maximum Gasteiger partial charge on any atom is 0.326 e. The van der Waals surface area contributed by atoms with Crippen LogP contribution in [0.1, 0.15) is 31.9 Å². The van der Waals surface area contributed by atoms with Gasteiger partial charge in [-0.2, -0.15) is 8.42 Å². The molecule has 6 N–H and O–H groups in total. The van der Waals surface area contributed by atoms with Gasteiger partial charge >= 0.3 is 10.2 Å². The molecule has 1 saturated heterocycles. The van der Waals surface area contributed by atoms with Gasteiger partial charge in [-0.3, -0.25) is 4.79 Å². The molecule has 2 amide bonds. The molecule has 1 atom stereocenters. The van der Waals surface area contributed by atoms with E-state index in [2.05, 4.69) is 0 Å². The number of nitrogens with zero attached hydrogens (tertiary/aromatic N) is 2. The van der Waals surface area contributed by atoms with Crippen molar-refractivity contribution < 1.29 is 32.6 Å². The van der Waals surface area contributed by atoms with Crippen molar-refractivity contribution in [3.8, 4) is 5.75 Å². The number of phenols is 1. The minimum atomic E-state index is -4.28. The number of hydrogen-bond acceptors (Lipinski definition) is 6. The lowest BCUT2D eigenvalue weighted by molar-refractivity contribution is -0.271. The summed E-state index contributed by atoms with van der Waals surface area (Å²) in [6.07, 6.45) is -0.840. The number of fused-ring (bicyclic) bond motifs is 1. The summed E-state index contributed by atoms with van der Waals surface area (Å²) in [5.41, 5.74) is -0.591. The van der Waals surface area contributed by atoms with E-state index < -0.39 is 51.5 Å². The third-order valence-corrected chi connectivity index (χ3v) is 6.33. The first-order valence-corrected chi connectivity index (χ1v) is 10.1.